The summed E-state index contributed by atoms with van der Waals surface area (Å²) in [6.45, 7) is 3.54. The highest BCUT2D eigenvalue weighted by Gasteiger charge is 2.12. The van der Waals surface area contributed by atoms with Crippen molar-refractivity contribution >= 4 is 17.3 Å². The molecule has 0 saturated heterocycles. The van der Waals surface area contributed by atoms with Gasteiger partial charge in [0.1, 0.15) is 0 Å². The maximum absolute atomic E-state index is 11.9. The van der Waals surface area contributed by atoms with Crippen molar-refractivity contribution in [3.05, 3.63) is 42.5 Å². The van der Waals surface area contributed by atoms with Crippen LogP contribution >= 0.6 is 0 Å². The summed E-state index contributed by atoms with van der Waals surface area (Å²) in [5.41, 5.74) is 7.43. The van der Waals surface area contributed by atoms with Gasteiger partial charge in [-0.1, -0.05) is 0 Å². The number of nitrogens with zero attached hydrogens (tertiary/aromatic N) is 2. The molecular weight excluding hydrogens is 256 g/mol. The van der Waals surface area contributed by atoms with Gasteiger partial charge in [0.05, 0.1) is 18.5 Å². The smallest absolute Gasteiger partial charge is 0.340 e. The van der Waals surface area contributed by atoms with E-state index in [2.05, 4.69) is 10.3 Å². The number of esters is 1. The Morgan fingerprint density at radius 1 is 1.50 bits per heavy atom. The number of nitrogens with two attached hydrogens (primary N) is 1. The Morgan fingerprint density at radius 2 is 2.35 bits per heavy atom. The van der Waals surface area contributed by atoms with Crippen molar-refractivity contribution in [3.8, 4) is 0 Å². The van der Waals surface area contributed by atoms with Gasteiger partial charge >= 0.3 is 5.97 Å². The molecule has 3 N–H and O–H groups in total. The summed E-state index contributed by atoms with van der Waals surface area (Å²) in [4.78, 5) is 15.9. The van der Waals surface area contributed by atoms with Crippen LogP contribution in [0, 0.1) is 0 Å². The Kier molecular flexibility index (Phi) is 4.60. The Labute approximate surface area is 117 Å². The number of carbonyl (C=O) groups is 1. The van der Waals surface area contributed by atoms with Crippen LogP contribution in [-0.2, 0) is 11.3 Å². The minimum Gasteiger partial charge on any atom is -0.462 e. The number of nitrogens with one attached hydrogen (secondary N) is 1. The molecule has 0 unspecified atom stereocenters. The molecule has 0 saturated carbocycles. The first kappa shape index (κ1) is 13.9. The Morgan fingerprint density at radius 3 is 3.05 bits per heavy atom. The largest absolute Gasteiger partial charge is 0.462 e. The van der Waals surface area contributed by atoms with Gasteiger partial charge in [-0.2, -0.15) is 0 Å². The molecule has 0 spiro atoms. The Hall–Kier alpha value is -2.50. The molecule has 0 aliphatic rings. The van der Waals surface area contributed by atoms with E-state index < -0.39 is 0 Å². The van der Waals surface area contributed by atoms with Crippen LogP contribution in [0.4, 0.5) is 11.4 Å². The normalized spacial score (nSPS) is 10.2. The number of nitrogen functional groups attached to an aromatic ring is 1. The molecule has 0 atom stereocenters. The molecule has 20 heavy (non-hydrogen) atoms. The third kappa shape index (κ3) is 3.50. The first-order chi connectivity index (χ1) is 9.70. The highest BCUT2D eigenvalue weighted by Crippen LogP contribution is 2.20. The second kappa shape index (κ2) is 6.60. The summed E-state index contributed by atoms with van der Waals surface area (Å²) in [6.07, 6.45) is 5.36. The molecule has 0 fully saturated rings. The van der Waals surface area contributed by atoms with Gasteiger partial charge in [0.15, 0.2) is 0 Å². The second-order valence-corrected chi connectivity index (χ2v) is 4.25. The zero-order valence-corrected chi connectivity index (χ0v) is 11.4. The van der Waals surface area contributed by atoms with Crippen molar-refractivity contribution in [2.45, 2.75) is 13.5 Å². The molecule has 1 heterocycles. The van der Waals surface area contributed by atoms with E-state index >= 15 is 0 Å². The molecule has 0 radical (unpaired) electrons. The van der Waals surface area contributed by atoms with Gasteiger partial charge in [0.25, 0.3) is 0 Å². The third-order valence-corrected chi connectivity index (χ3v) is 2.78. The minimum absolute atomic E-state index is 0.335. The zero-order chi connectivity index (χ0) is 14.4. The van der Waals surface area contributed by atoms with Crippen LogP contribution in [0.2, 0.25) is 0 Å². The van der Waals surface area contributed by atoms with Crippen molar-refractivity contribution in [2.24, 2.45) is 0 Å². The molecule has 106 valence electrons. The topological polar surface area (TPSA) is 82.2 Å². The molecule has 1 aromatic heterocycles. The van der Waals surface area contributed by atoms with E-state index in [1.807, 2.05) is 10.8 Å². The van der Waals surface area contributed by atoms with Gasteiger partial charge in [-0.25, -0.2) is 9.78 Å². The van der Waals surface area contributed by atoms with Crippen LogP contribution in [0.3, 0.4) is 0 Å². The monoisotopic (exact) mass is 274 g/mol. The SMILES string of the molecule is CCOC(=O)c1cc(N)ccc1NCCn1ccnc1. The van der Waals surface area contributed by atoms with Gasteiger partial charge in [0, 0.05) is 36.9 Å². The number of hydrogen-bond donors (Lipinski definition) is 2. The molecule has 0 aliphatic carbocycles. The van der Waals surface area contributed by atoms with Crippen LogP contribution in [0.15, 0.2) is 36.9 Å². The highest BCUT2D eigenvalue weighted by molar-refractivity contribution is 5.96. The summed E-state index contributed by atoms with van der Waals surface area (Å²) in [7, 11) is 0. The second-order valence-electron chi connectivity index (χ2n) is 4.25. The number of anilines is 2. The lowest BCUT2D eigenvalue weighted by molar-refractivity contribution is 0.0527. The van der Waals surface area contributed by atoms with E-state index in [0.29, 0.717) is 24.4 Å². The van der Waals surface area contributed by atoms with Crippen LogP contribution in [0.25, 0.3) is 0 Å². The minimum atomic E-state index is -0.370. The molecule has 0 amide bonds. The molecule has 2 rings (SSSR count). The lowest BCUT2D eigenvalue weighted by Gasteiger charge is -2.12. The summed E-state index contributed by atoms with van der Waals surface area (Å²) in [5.74, 6) is -0.370. The first-order valence-corrected chi connectivity index (χ1v) is 6.47. The Balaban J connectivity index is 2.04. The summed E-state index contributed by atoms with van der Waals surface area (Å²) in [6, 6.07) is 5.16. The number of hydrogen-bond acceptors (Lipinski definition) is 5. The number of benzene rings is 1. The van der Waals surface area contributed by atoms with E-state index in [1.165, 1.54) is 0 Å². The van der Waals surface area contributed by atoms with E-state index in [1.54, 1.807) is 37.6 Å². The lowest BCUT2D eigenvalue weighted by atomic mass is 10.1. The number of aromatic nitrogens is 2. The van der Waals surface area contributed by atoms with Crippen molar-refractivity contribution in [2.75, 3.05) is 24.2 Å². The van der Waals surface area contributed by atoms with Gasteiger partial charge in [-0.3, -0.25) is 0 Å². The summed E-state index contributed by atoms with van der Waals surface area (Å²) >= 11 is 0. The predicted molar refractivity (Wildman–Crippen MR) is 77.5 cm³/mol. The van der Waals surface area contributed by atoms with E-state index in [-0.39, 0.29) is 5.97 Å². The van der Waals surface area contributed by atoms with Crippen LogP contribution < -0.4 is 11.1 Å². The van der Waals surface area contributed by atoms with Crippen molar-refractivity contribution in [1.82, 2.24) is 9.55 Å². The first-order valence-electron chi connectivity index (χ1n) is 6.47. The molecule has 1 aromatic carbocycles. The number of imidazole rings is 1. The fourth-order valence-electron chi connectivity index (χ4n) is 1.83. The standard InChI is InChI=1S/C14H18N4O2/c1-2-20-14(19)12-9-11(15)3-4-13(12)17-6-8-18-7-5-16-10-18/h3-5,7,9-10,17H,2,6,8,15H2,1H3. The summed E-state index contributed by atoms with van der Waals surface area (Å²) in [5, 5.41) is 3.21. The van der Waals surface area contributed by atoms with E-state index in [0.717, 1.165) is 12.2 Å². The fraction of sp³-hybridized carbons (Fsp3) is 0.286. The molecule has 6 nitrogen and oxygen atoms in total. The van der Waals surface area contributed by atoms with Gasteiger partial charge in [0.2, 0.25) is 0 Å². The van der Waals surface area contributed by atoms with E-state index in [9.17, 15) is 4.79 Å². The van der Waals surface area contributed by atoms with Gasteiger partial charge < -0.3 is 20.4 Å². The average molecular weight is 274 g/mol. The van der Waals surface area contributed by atoms with Gasteiger partial charge in [-0.15, -0.1) is 0 Å². The van der Waals surface area contributed by atoms with Crippen molar-refractivity contribution < 1.29 is 9.53 Å². The molecule has 0 bridgehead atoms. The van der Waals surface area contributed by atoms with E-state index in [4.69, 9.17) is 10.5 Å². The maximum Gasteiger partial charge on any atom is 0.340 e. The molecular formula is C14H18N4O2. The molecule has 6 heteroatoms. The molecule has 2 aromatic rings. The fourth-order valence-corrected chi connectivity index (χ4v) is 1.83. The quantitative estimate of drug-likeness (QED) is 0.619. The van der Waals surface area contributed by atoms with Crippen LogP contribution in [0.5, 0.6) is 0 Å². The average Bonchev–Trinajstić information content (AvgIpc) is 2.94. The van der Waals surface area contributed by atoms with Crippen molar-refractivity contribution in [1.29, 1.82) is 0 Å². The van der Waals surface area contributed by atoms with Crippen LogP contribution in [-0.4, -0.2) is 28.7 Å². The maximum atomic E-state index is 11.9. The number of rotatable bonds is 6. The predicted octanol–water partition coefficient (Wildman–Crippen LogP) is 1.75. The summed E-state index contributed by atoms with van der Waals surface area (Å²) < 4.78 is 6.98. The van der Waals surface area contributed by atoms with Crippen LogP contribution in [0.1, 0.15) is 17.3 Å². The third-order valence-electron chi connectivity index (χ3n) is 2.78. The number of ether oxygens (including phenoxy) is 1. The Bertz CT molecular complexity index is 567. The number of carbonyl (C=O) groups excluding carboxylic acids is 1. The zero-order valence-electron chi connectivity index (χ0n) is 11.4. The van der Waals surface area contributed by atoms with Crippen molar-refractivity contribution in [3.63, 3.8) is 0 Å². The lowest BCUT2D eigenvalue weighted by Crippen LogP contribution is -2.14. The molecule has 0 aliphatic heterocycles. The van der Waals surface area contributed by atoms with Gasteiger partial charge in [-0.05, 0) is 25.1 Å². The highest BCUT2D eigenvalue weighted by atomic mass is 16.5.